The number of rotatable bonds is 2. The van der Waals surface area contributed by atoms with Crippen LogP contribution in [0.25, 0.3) is 21.9 Å². The number of benzene rings is 3. The predicted molar refractivity (Wildman–Crippen MR) is 105 cm³/mol. The number of β-amino-alcohol motifs (C(OH)–C–C–N with tert-alkyl or cyclic N) is 1. The maximum Gasteiger partial charge on any atom is 0.254 e. The monoisotopic (exact) mass is 363 g/mol. The Morgan fingerprint density at radius 2 is 1.81 bits per heavy atom. The van der Waals surface area contributed by atoms with Gasteiger partial charge in [-0.1, -0.05) is 42.5 Å². The molecule has 4 rings (SSSR count). The maximum absolute atomic E-state index is 14.6. The zero-order valence-electron chi connectivity index (χ0n) is 15.3. The lowest BCUT2D eigenvalue weighted by molar-refractivity contribution is 0.0475. The van der Waals surface area contributed by atoms with Crippen LogP contribution in [0.15, 0.2) is 54.6 Å². The number of hydrogen-bond donors (Lipinski definition) is 1. The molecule has 4 heteroatoms. The van der Waals surface area contributed by atoms with Crippen molar-refractivity contribution >= 4 is 16.7 Å². The van der Waals surface area contributed by atoms with Crippen LogP contribution in [0.2, 0.25) is 0 Å². The molecule has 1 aliphatic heterocycles. The van der Waals surface area contributed by atoms with E-state index in [9.17, 15) is 14.3 Å². The lowest BCUT2D eigenvalue weighted by Crippen LogP contribution is -2.42. The molecule has 1 atom stereocenters. The molecule has 0 bridgehead atoms. The number of amides is 1. The molecule has 3 aromatic rings. The van der Waals surface area contributed by atoms with Gasteiger partial charge in [0.05, 0.1) is 6.10 Å². The molecule has 138 valence electrons. The fourth-order valence-electron chi connectivity index (χ4n) is 3.87. The van der Waals surface area contributed by atoms with Crippen molar-refractivity contribution in [2.24, 2.45) is 0 Å². The van der Waals surface area contributed by atoms with Crippen molar-refractivity contribution in [1.82, 2.24) is 4.90 Å². The van der Waals surface area contributed by atoms with E-state index in [1.807, 2.05) is 43.3 Å². The third-order valence-corrected chi connectivity index (χ3v) is 5.25. The number of hydrogen-bond acceptors (Lipinski definition) is 2. The van der Waals surface area contributed by atoms with E-state index >= 15 is 0 Å². The highest BCUT2D eigenvalue weighted by molar-refractivity contribution is 6.11. The standard InChI is InChI=1S/C23H22FNO2/c1-15-8-9-20(22(24)13-15)19-10-11-21(18-7-3-2-6-17(18)19)23(27)25-12-4-5-16(26)14-25/h2-3,6-11,13,16,26H,4-5,12,14H2,1H3/t16-/m0/s1. The Bertz CT molecular complexity index is 1010. The molecular weight excluding hydrogens is 341 g/mol. The van der Waals surface area contributed by atoms with Crippen molar-refractivity contribution in [3.05, 3.63) is 71.5 Å². The molecule has 0 unspecified atom stereocenters. The summed E-state index contributed by atoms with van der Waals surface area (Å²) in [5.41, 5.74) is 2.77. The molecule has 1 saturated heterocycles. The Morgan fingerprint density at radius 3 is 2.56 bits per heavy atom. The summed E-state index contributed by atoms with van der Waals surface area (Å²) in [7, 11) is 0. The number of likely N-dealkylation sites (tertiary alicyclic amines) is 1. The van der Waals surface area contributed by atoms with Gasteiger partial charge in [-0.25, -0.2) is 4.39 Å². The minimum Gasteiger partial charge on any atom is -0.391 e. The van der Waals surface area contributed by atoms with Crippen LogP contribution in [0.3, 0.4) is 0 Å². The van der Waals surface area contributed by atoms with Gasteiger partial charge in [-0.05, 0) is 53.8 Å². The summed E-state index contributed by atoms with van der Waals surface area (Å²) in [4.78, 5) is 14.8. The van der Waals surface area contributed by atoms with Crippen molar-refractivity contribution in [2.75, 3.05) is 13.1 Å². The molecule has 0 aliphatic carbocycles. The van der Waals surface area contributed by atoms with Crippen LogP contribution in [0.1, 0.15) is 28.8 Å². The number of aryl methyl sites for hydroxylation is 1. The average Bonchev–Trinajstić information content (AvgIpc) is 2.67. The number of piperidine rings is 1. The highest BCUT2D eigenvalue weighted by Gasteiger charge is 2.24. The van der Waals surface area contributed by atoms with Crippen LogP contribution in [0.4, 0.5) is 4.39 Å². The van der Waals surface area contributed by atoms with Crippen LogP contribution in [-0.4, -0.2) is 35.1 Å². The zero-order chi connectivity index (χ0) is 19.0. The van der Waals surface area contributed by atoms with E-state index in [1.54, 1.807) is 17.0 Å². The summed E-state index contributed by atoms with van der Waals surface area (Å²) in [6.45, 7) is 2.87. The molecule has 0 spiro atoms. The summed E-state index contributed by atoms with van der Waals surface area (Å²) in [6.07, 6.45) is 1.07. The summed E-state index contributed by atoms with van der Waals surface area (Å²) in [5, 5.41) is 11.6. The van der Waals surface area contributed by atoms with E-state index in [2.05, 4.69) is 0 Å². The molecule has 3 aromatic carbocycles. The van der Waals surface area contributed by atoms with Crippen molar-refractivity contribution < 1.29 is 14.3 Å². The molecule has 27 heavy (non-hydrogen) atoms. The van der Waals surface area contributed by atoms with Gasteiger partial charge in [0.2, 0.25) is 0 Å². The van der Waals surface area contributed by atoms with Crippen molar-refractivity contribution in [3.8, 4) is 11.1 Å². The van der Waals surface area contributed by atoms with E-state index in [0.29, 0.717) is 24.2 Å². The van der Waals surface area contributed by atoms with Gasteiger partial charge in [0.1, 0.15) is 5.82 Å². The van der Waals surface area contributed by atoms with Crippen molar-refractivity contribution in [2.45, 2.75) is 25.9 Å². The zero-order valence-corrected chi connectivity index (χ0v) is 15.3. The van der Waals surface area contributed by atoms with Crippen molar-refractivity contribution in [1.29, 1.82) is 0 Å². The van der Waals surface area contributed by atoms with Crippen LogP contribution >= 0.6 is 0 Å². The van der Waals surface area contributed by atoms with Gasteiger partial charge in [0.15, 0.2) is 0 Å². The molecule has 1 amide bonds. The molecule has 3 nitrogen and oxygen atoms in total. The summed E-state index contributed by atoms with van der Waals surface area (Å²) < 4.78 is 14.6. The summed E-state index contributed by atoms with van der Waals surface area (Å²) >= 11 is 0. The number of aliphatic hydroxyl groups excluding tert-OH is 1. The minimum absolute atomic E-state index is 0.0825. The Morgan fingerprint density at radius 1 is 1.07 bits per heavy atom. The second kappa shape index (κ2) is 7.12. The van der Waals surface area contributed by atoms with Gasteiger partial charge in [-0.3, -0.25) is 4.79 Å². The van der Waals surface area contributed by atoms with Crippen LogP contribution in [-0.2, 0) is 0 Å². The first kappa shape index (κ1) is 17.7. The van der Waals surface area contributed by atoms with E-state index in [4.69, 9.17) is 0 Å². The molecule has 0 saturated carbocycles. The number of carbonyl (C=O) groups is 1. The van der Waals surface area contributed by atoms with Crippen molar-refractivity contribution in [3.63, 3.8) is 0 Å². The molecule has 1 aliphatic rings. The summed E-state index contributed by atoms with van der Waals surface area (Å²) in [5.74, 6) is -0.348. The van der Waals surface area contributed by atoms with Gasteiger partial charge in [-0.2, -0.15) is 0 Å². The van der Waals surface area contributed by atoms with Crippen LogP contribution < -0.4 is 0 Å². The summed E-state index contributed by atoms with van der Waals surface area (Å²) in [6, 6.07) is 16.4. The quantitative estimate of drug-likeness (QED) is 0.726. The molecule has 1 N–H and O–H groups in total. The average molecular weight is 363 g/mol. The predicted octanol–water partition coefficient (Wildman–Crippen LogP) is 4.55. The second-order valence-electron chi connectivity index (χ2n) is 7.24. The number of carbonyl (C=O) groups excluding carboxylic acids is 1. The lowest BCUT2D eigenvalue weighted by Gasteiger charge is -2.30. The Labute approximate surface area is 158 Å². The van der Waals surface area contributed by atoms with E-state index in [0.717, 1.165) is 34.7 Å². The minimum atomic E-state index is -0.463. The first-order valence-corrected chi connectivity index (χ1v) is 9.30. The van der Waals surface area contributed by atoms with Gasteiger partial charge in [-0.15, -0.1) is 0 Å². The van der Waals surface area contributed by atoms with Crippen LogP contribution in [0.5, 0.6) is 0 Å². The van der Waals surface area contributed by atoms with E-state index in [1.165, 1.54) is 6.07 Å². The number of fused-ring (bicyclic) bond motifs is 1. The SMILES string of the molecule is Cc1ccc(-c2ccc(C(=O)N3CCC[C@H](O)C3)c3ccccc23)c(F)c1. The Balaban J connectivity index is 1.82. The first-order chi connectivity index (χ1) is 13.0. The van der Waals surface area contributed by atoms with Gasteiger partial charge < -0.3 is 10.0 Å². The van der Waals surface area contributed by atoms with Gasteiger partial charge in [0.25, 0.3) is 5.91 Å². The lowest BCUT2D eigenvalue weighted by atomic mass is 9.93. The van der Waals surface area contributed by atoms with Crippen LogP contribution in [0, 0.1) is 12.7 Å². The smallest absolute Gasteiger partial charge is 0.254 e. The molecule has 1 heterocycles. The molecule has 1 fully saturated rings. The number of halogens is 1. The van der Waals surface area contributed by atoms with Gasteiger partial charge >= 0.3 is 0 Å². The van der Waals surface area contributed by atoms with Gasteiger partial charge in [0, 0.05) is 24.2 Å². The Hall–Kier alpha value is -2.72. The molecule has 0 radical (unpaired) electrons. The maximum atomic E-state index is 14.6. The van der Waals surface area contributed by atoms with E-state index in [-0.39, 0.29) is 11.7 Å². The third kappa shape index (κ3) is 3.33. The largest absolute Gasteiger partial charge is 0.391 e. The topological polar surface area (TPSA) is 40.5 Å². The molecule has 0 aromatic heterocycles. The highest BCUT2D eigenvalue weighted by Crippen LogP contribution is 2.33. The fourth-order valence-corrected chi connectivity index (χ4v) is 3.87. The third-order valence-electron chi connectivity index (χ3n) is 5.25. The fraction of sp³-hybridized carbons (Fsp3) is 0.261. The second-order valence-corrected chi connectivity index (χ2v) is 7.24. The number of nitrogens with zero attached hydrogens (tertiary/aromatic N) is 1. The normalized spacial score (nSPS) is 17.3. The number of aliphatic hydroxyl groups is 1. The first-order valence-electron chi connectivity index (χ1n) is 9.30. The molecular formula is C23H22FNO2. The highest BCUT2D eigenvalue weighted by atomic mass is 19.1. The van der Waals surface area contributed by atoms with E-state index < -0.39 is 6.10 Å². The Kier molecular flexibility index (Phi) is 4.66.